The summed E-state index contributed by atoms with van der Waals surface area (Å²) in [7, 11) is 0. The summed E-state index contributed by atoms with van der Waals surface area (Å²) < 4.78 is 0. The highest BCUT2D eigenvalue weighted by Gasteiger charge is 2.28. The number of anilines is 1. The lowest BCUT2D eigenvalue weighted by atomic mass is 10.1. The van der Waals surface area contributed by atoms with Gasteiger partial charge in [0.05, 0.1) is 28.7 Å². The highest BCUT2D eigenvalue weighted by molar-refractivity contribution is 6.43. The molecule has 1 atom stereocenters. The fourth-order valence-corrected chi connectivity index (χ4v) is 2.86. The molecule has 1 unspecified atom stereocenters. The number of halogens is 2. The molecule has 1 aliphatic heterocycles. The second-order valence-electron chi connectivity index (χ2n) is 5.01. The monoisotopic (exact) mass is 330 g/mol. The number of likely N-dealkylation sites (tertiary alicyclic amines) is 1. The number of amides is 1. The highest BCUT2D eigenvalue weighted by Crippen LogP contribution is 2.29. The number of carboxylic acid groups (broad SMARTS) is 1. The Balaban J connectivity index is 1.95. The van der Waals surface area contributed by atoms with Gasteiger partial charge in [0.25, 0.3) is 0 Å². The van der Waals surface area contributed by atoms with Gasteiger partial charge in [-0.25, -0.2) is 0 Å². The Morgan fingerprint density at radius 2 is 2.14 bits per heavy atom. The van der Waals surface area contributed by atoms with Crippen LogP contribution in [0.1, 0.15) is 19.3 Å². The number of carbonyl (C=O) groups excluding carboxylic acids is 1. The lowest BCUT2D eigenvalue weighted by Gasteiger charge is -2.22. The molecule has 1 amide bonds. The first-order valence-electron chi connectivity index (χ1n) is 6.67. The van der Waals surface area contributed by atoms with Crippen LogP contribution in [-0.4, -0.2) is 41.0 Å². The van der Waals surface area contributed by atoms with Crippen LogP contribution < -0.4 is 5.32 Å². The van der Waals surface area contributed by atoms with Crippen molar-refractivity contribution in [3.8, 4) is 0 Å². The first-order valence-corrected chi connectivity index (χ1v) is 7.42. The van der Waals surface area contributed by atoms with Crippen molar-refractivity contribution in [2.45, 2.75) is 25.3 Å². The zero-order valence-corrected chi connectivity index (χ0v) is 12.8. The first-order chi connectivity index (χ1) is 9.97. The molecule has 2 rings (SSSR count). The van der Waals surface area contributed by atoms with E-state index in [0.717, 1.165) is 19.4 Å². The van der Waals surface area contributed by atoms with Crippen LogP contribution in [0.15, 0.2) is 18.2 Å². The van der Waals surface area contributed by atoms with E-state index < -0.39 is 5.97 Å². The maximum atomic E-state index is 12.1. The van der Waals surface area contributed by atoms with Crippen LogP contribution in [0.25, 0.3) is 0 Å². The van der Waals surface area contributed by atoms with Crippen molar-refractivity contribution in [3.05, 3.63) is 28.2 Å². The van der Waals surface area contributed by atoms with Crippen molar-refractivity contribution in [2.24, 2.45) is 0 Å². The van der Waals surface area contributed by atoms with Gasteiger partial charge in [-0.15, -0.1) is 0 Å². The van der Waals surface area contributed by atoms with Gasteiger partial charge < -0.3 is 10.4 Å². The molecule has 1 saturated heterocycles. The predicted octanol–water partition coefficient (Wildman–Crippen LogP) is 2.87. The topological polar surface area (TPSA) is 69.6 Å². The van der Waals surface area contributed by atoms with Crippen LogP contribution in [0, 0.1) is 0 Å². The summed E-state index contributed by atoms with van der Waals surface area (Å²) in [5.41, 5.74) is 0.461. The van der Waals surface area contributed by atoms with Crippen LogP contribution >= 0.6 is 23.2 Å². The number of hydrogen-bond acceptors (Lipinski definition) is 3. The number of aliphatic carboxylic acids is 1. The fraction of sp³-hybridized carbons (Fsp3) is 0.429. The van der Waals surface area contributed by atoms with Gasteiger partial charge in [-0.2, -0.15) is 0 Å². The van der Waals surface area contributed by atoms with Gasteiger partial charge in [0.15, 0.2) is 0 Å². The maximum absolute atomic E-state index is 12.1. The van der Waals surface area contributed by atoms with E-state index in [1.807, 2.05) is 4.90 Å². The molecule has 1 aliphatic rings. The number of benzene rings is 1. The SMILES string of the molecule is O=C(O)CC1CCCN1CC(=O)Nc1cccc(Cl)c1Cl. The Bertz CT molecular complexity index is 551. The van der Waals surface area contributed by atoms with E-state index in [1.54, 1.807) is 18.2 Å². The molecule has 1 aromatic rings. The molecule has 0 radical (unpaired) electrons. The van der Waals surface area contributed by atoms with Gasteiger partial charge >= 0.3 is 5.97 Å². The normalized spacial score (nSPS) is 18.7. The molecular formula is C14H16Cl2N2O3. The minimum Gasteiger partial charge on any atom is -0.481 e. The zero-order chi connectivity index (χ0) is 15.4. The van der Waals surface area contributed by atoms with Gasteiger partial charge in [-0.1, -0.05) is 29.3 Å². The Morgan fingerprint density at radius 1 is 1.38 bits per heavy atom. The smallest absolute Gasteiger partial charge is 0.304 e. The van der Waals surface area contributed by atoms with Crippen molar-refractivity contribution in [1.82, 2.24) is 4.90 Å². The van der Waals surface area contributed by atoms with E-state index in [1.165, 1.54) is 0 Å². The van der Waals surface area contributed by atoms with Crippen LogP contribution in [0.5, 0.6) is 0 Å². The number of rotatable bonds is 5. The van der Waals surface area contributed by atoms with E-state index in [2.05, 4.69) is 5.32 Å². The predicted molar refractivity (Wildman–Crippen MR) is 81.9 cm³/mol. The molecule has 0 saturated carbocycles. The van der Waals surface area contributed by atoms with E-state index in [4.69, 9.17) is 28.3 Å². The van der Waals surface area contributed by atoms with Crippen LogP contribution in [0.2, 0.25) is 10.0 Å². The van der Waals surface area contributed by atoms with E-state index in [9.17, 15) is 9.59 Å². The summed E-state index contributed by atoms with van der Waals surface area (Å²) >= 11 is 11.9. The van der Waals surface area contributed by atoms with Crippen molar-refractivity contribution in [1.29, 1.82) is 0 Å². The second kappa shape index (κ2) is 7.11. The van der Waals surface area contributed by atoms with Gasteiger partial charge in [0, 0.05) is 6.04 Å². The number of hydrogen-bond donors (Lipinski definition) is 2. The highest BCUT2D eigenvalue weighted by atomic mass is 35.5. The lowest BCUT2D eigenvalue weighted by Crippen LogP contribution is -2.37. The molecule has 7 heteroatoms. The van der Waals surface area contributed by atoms with Crippen molar-refractivity contribution < 1.29 is 14.7 Å². The minimum absolute atomic E-state index is 0.0607. The van der Waals surface area contributed by atoms with E-state index in [0.29, 0.717) is 15.7 Å². The molecular weight excluding hydrogens is 315 g/mol. The standard InChI is InChI=1S/C14H16Cl2N2O3/c15-10-4-1-5-11(14(10)16)17-12(19)8-18-6-2-3-9(18)7-13(20)21/h1,4-5,9H,2-3,6-8H2,(H,17,19)(H,20,21). The van der Waals surface area contributed by atoms with Gasteiger partial charge in [0.2, 0.25) is 5.91 Å². The summed E-state index contributed by atoms with van der Waals surface area (Å²) in [6.07, 6.45) is 1.77. The minimum atomic E-state index is -0.842. The summed E-state index contributed by atoms with van der Waals surface area (Å²) in [6.45, 7) is 0.884. The fourth-order valence-electron chi connectivity index (χ4n) is 2.51. The zero-order valence-electron chi connectivity index (χ0n) is 11.3. The van der Waals surface area contributed by atoms with Gasteiger partial charge in [-0.05, 0) is 31.5 Å². The second-order valence-corrected chi connectivity index (χ2v) is 5.80. The third-order valence-corrected chi connectivity index (χ3v) is 4.30. The molecule has 0 spiro atoms. The number of carboxylic acids is 1. The molecule has 21 heavy (non-hydrogen) atoms. The Hall–Kier alpha value is -1.30. The van der Waals surface area contributed by atoms with Gasteiger partial charge in [0.1, 0.15) is 0 Å². The number of carbonyl (C=O) groups is 2. The van der Waals surface area contributed by atoms with Crippen molar-refractivity contribution >= 4 is 40.8 Å². The first kappa shape index (κ1) is 16.1. The van der Waals surface area contributed by atoms with Crippen molar-refractivity contribution in [2.75, 3.05) is 18.4 Å². The average Bonchev–Trinajstić information content (AvgIpc) is 2.81. The Labute approximate surface area is 132 Å². The van der Waals surface area contributed by atoms with Crippen LogP contribution in [0.3, 0.4) is 0 Å². The third kappa shape index (κ3) is 4.33. The van der Waals surface area contributed by atoms with Crippen LogP contribution in [-0.2, 0) is 9.59 Å². The molecule has 2 N–H and O–H groups in total. The number of nitrogens with zero attached hydrogens (tertiary/aromatic N) is 1. The third-order valence-electron chi connectivity index (χ3n) is 3.48. The molecule has 0 bridgehead atoms. The summed E-state index contributed by atoms with van der Waals surface area (Å²) in [4.78, 5) is 24.8. The summed E-state index contributed by atoms with van der Waals surface area (Å²) in [5.74, 6) is -1.07. The average molecular weight is 331 g/mol. The summed E-state index contributed by atoms with van der Waals surface area (Å²) in [6, 6.07) is 4.93. The van der Waals surface area contributed by atoms with E-state index >= 15 is 0 Å². The largest absolute Gasteiger partial charge is 0.481 e. The number of nitrogens with one attached hydrogen (secondary N) is 1. The molecule has 1 fully saturated rings. The molecule has 0 aromatic heterocycles. The molecule has 0 aliphatic carbocycles. The molecule has 1 heterocycles. The Kier molecular flexibility index (Phi) is 5.45. The van der Waals surface area contributed by atoms with Gasteiger partial charge in [-0.3, -0.25) is 14.5 Å². The Morgan fingerprint density at radius 3 is 2.86 bits per heavy atom. The molecule has 114 valence electrons. The van der Waals surface area contributed by atoms with Crippen LogP contribution in [0.4, 0.5) is 5.69 Å². The maximum Gasteiger partial charge on any atom is 0.304 e. The quantitative estimate of drug-likeness (QED) is 0.870. The molecule has 5 nitrogen and oxygen atoms in total. The summed E-state index contributed by atoms with van der Waals surface area (Å²) in [5, 5.41) is 12.3. The molecule has 1 aromatic carbocycles. The van der Waals surface area contributed by atoms with E-state index in [-0.39, 0.29) is 24.9 Å². The van der Waals surface area contributed by atoms with Crippen molar-refractivity contribution in [3.63, 3.8) is 0 Å². The lowest BCUT2D eigenvalue weighted by molar-refractivity contribution is -0.138.